The molecule has 3 rings (SSSR count). The normalized spacial score (nSPS) is 17.4. The number of anilines is 1. The Morgan fingerprint density at radius 1 is 1.08 bits per heavy atom. The van der Waals surface area contributed by atoms with Crippen LogP contribution in [0.2, 0.25) is 10.0 Å². The summed E-state index contributed by atoms with van der Waals surface area (Å²) in [6.07, 6.45) is 0. The molecule has 1 saturated heterocycles. The van der Waals surface area contributed by atoms with E-state index in [1.54, 1.807) is 48.1 Å². The van der Waals surface area contributed by atoms with Crippen LogP contribution in [0.1, 0.15) is 17.3 Å². The average molecular weight is 393 g/mol. The quantitative estimate of drug-likeness (QED) is 0.796. The first-order chi connectivity index (χ1) is 12.4. The van der Waals surface area contributed by atoms with E-state index in [4.69, 9.17) is 27.9 Å². The van der Waals surface area contributed by atoms with Gasteiger partial charge < -0.3 is 14.5 Å². The van der Waals surface area contributed by atoms with Crippen molar-refractivity contribution in [2.45, 2.75) is 13.0 Å². The van der Waals surface area contributed by atoms with Crippen LogP contribution in [0.3, 0.4) is 0 Å². The van der Waals surface area contributed by atoms with Gasteiger partial charge in [0, 0.05) is 24.3 Å². The van der Waals surface area contributed by atoms with E-state index in [9.17, 15) is 9.59 Å². The zero-order valence-electron chi connectivity index (χ0n) is 14.4. The lowest BCUT2D eigenvalue weighted by atomic mass is 10.1. The van der Waals surface area contributed by atoms with E-state index >= 15 is 0 Å². The summed E-state index contributed by atoms with van der Waals surface area (Å²) in [5.41, 5.74) is 1.20. The van der Waals surface area contributed by atoms with Crippen LogP contribution in [-0.4, -0.2) is 43.0 Å². The number of methoxy groups -OCH3 is 1. The molecule has 26 heavy (non-hydrogen) atoms. The summed E-state index contributed by atoms with van der Waals surface area (Å²) in [6.45, 7) is 2.58. The van der Waals surface area contributed by atoms with Crippen LogP contribution in [0.4, 0.5) is 5.69 Å². The van der Waals surface area contributed by atoms with E-state index in [1.807, 2.05) is 12.1 Å². The Hall–Kier alpha value is -2.24. The third kappa shape index (κ3) is 3.50. The van der Waals surface area contributed by atoms with Crippen molar-refractivity contribution in [2.75, 3.05) is 25.1 Å². The fourth-order valence-corrected chi connectivity index (χ4v) is 3.26. The summed E-state index contributed by atoms with van der Waals surface area (Å²) >= 11 is 11.9. The summed E-state index contributed by atoms with van der Waals surface area (Å²) in [5.74, 6) is 0.358. The van der Waals surface area contributed by atoms with Crippen molar-refractivity contribution < 1.29 is 14.3 Å². The van der Waals surface area contributed by atoms with Crippen LogP contribution in [0.15, 0.2) is 42.5 Å². The van der Waals surface area contributed by atoms with E-state index in [1.165, 1.54) is 6.07 Å². The van der Waals surface area contributed by atoms with Crippen LogP contribution in [0.25, 0.3) is 0 Å². The maximum absolute atomic E-state index is 12.8. The lowest BCUT2D eigenvalue weighted by molar-refractivity contribution is -0.124. The van der Waals surface area contributed by atoms with Crippen molar-refractivity contribution in [2.24, 2.45) is 0 Å². The highest BCUT2D eigenvalue weighted by Crippen LogP contribution is 2.26. The van der Waals surface area contributed by atoms with Gasteiger partial charge in [-0.05, 0) is 49.4 Å². The number of benzene rings is 2. The van der Waals surface area contributed by atoms with Gasteiger partial charge in [-0.2, -0.15) is 0 Å². The summed E-state index contributed by atoms with van der Waals surface area (Å²) in [5, 5.41) is 0.699. The molecule has 1 atom stereocenters. The number of hydrogen-bond acceptors (Lipinski definition) is 3. The van der Waals surface area contributed by atoms with Gasteiger partial charge in [0.05, 0.1) is 17.2 Å². The zero-order chi connectivity index (χ0) is 18.8. The van der Waals surface area contributed by atoms with Crippen LogP contribution in [-0.2, 0) is 4.79 Å². The lowest BCUT2D eigenvalue weighted by Gasteiger charge is -2.39. The smallest absolute Gasteiger partial charge is 0.254 e. The first-order valence-corrected chi connectivity index (χ1v) is 8.89. The SMILES string of the molecule is COc1ccc(N2CCN(C(=O)c3ccc(Cl)c(Cl)c3)[C@H](C)C2=O)cc1. The molecule has 0 N–H and O–H groups in total. The molecule has 1 aliphatic heterocycles. The molecule has 0 bridgehead atoms. The van der Waals surface area contributed by atoms with Gasteiger partial charge in [0.15, 0.2) is 0 Å². The molecule has 0 aromatic heterocycles. The molecule has 7 heteroatoms. The van der Waals surface area contributed by atoms with E-state index in [0.717, 1.165) is 11.4 Å². The van der Waals surface area contributed by atoms with Gasteiger partial charge in [0.25, 0.3) is 5.91 Å². The Labute approximate surface area is 162 Å². The molecular weight excluding hydrogens is 375 g/mol. The van der Waals surface area contributed by atoms with Crippen LogP contribution in [0.5, 0.6) is 5.75 Å². The minimum Gasteiger partial charge on any atom is -0.497 e. The Kier molecular flexibility index (Phi) is 5.39. The molecule has 0 unspecified atom stereocenters. The highest BCUT2D eigenvalue weighted by Gasteiger charge is 2.35. The molecule has 2 aromatic carbocycles. The van der Waals surface area contributed by atoms with Crippen LogP contribution >= 0.6 is 23.2 Å². The highest BCUT2D eigenvalue weighted by atomic mass is 35.5. The van der Waals surface area contributed by atoms with Gasteiger partial charge in [-0.25, -0.2) is 0 Å². The second-order valence-corrected chi connectivity index (χ2v) is 6.81. The number of hydrogen-bond donors (Lipinski definition) is 0. The van der Waals surface area contributed by atoms with Crippen molar-refractivity contribution in [3.05, 3.63) is 58.1 Å². The maximum atomic E-state index is 12.8. The third-order valence-corrected chi connectivity index (χ3v) is 5.21. The van der Waals surface area contributed by atoms with Gasteiger partial charge in [-0.15, -0.1) is 0 Å². The van der Waals surface area contributed by atoms with E-state index in [0.29, 0.717) is 28.7 Å². The molecule has 0 saturated carbocycles. The second-order valence-electron chi connectivity index (χ2n) is 5.99. The predicted octanol–water partition coefficient (Wildman–Crippen LogP) is 3.88. The van der Waals surface area contributed by atoms with Gasteiger partial charge in [0.1, 0.15) is 11.8 Å². The number of carbonyl (C=O) groups excluding carboxylic acids is 2. The van der Waals surface area contributed by atoms with Crippen molar-refractivity contribution in [3.8, 4) is 5.75 Å². The number of halogens is 2. The fraction of sp³-hybridized carbons (Fsp3) is 0.263. The average Bonchev–Trinajstić information content (AvgIpc) is 2.66. The summed E-state index contributed by atoms with van der Waals surface area (Å²) in [7, 11) is 1.59. The molecule has 1 heterocycles. The van der Waals surface area contributed by atoms with Crippen LogP contribution < -0.4 is 9.64 Å². The van der Waals surface area contributed by atoms with Crippen LogP contribution in [0, 0.1) is 0 Å². The predicted molar refractivity (Wildman–Crippen MR) is 102 cm³/mol. The summed E-state index contributed by atoms with van der Waals surface area (Å²) in [6, 6.07) is 11.4. The van der Waals surface area contributed by atoms with Gasteiger partial charge >= 0.3 is 0 Å². The molecule has 0 radical (unpaired) electrons. The largest absolute Gasteiger partial charge is 0.497 e. The Morgan fingerprint density at radius 2 is 1.77 bits per heavy atom. The molecule has 0 aliphatic carbocycles. The number of ether oxygens (including phenoxy) is 1. The number of carbonyl (C=O) groups is 2. The van der Waals surface area contributed by atoms with E-state index < -0.39 is 6.04 Å². The van der Waals surface area contributed by atoms with Gasteiger partial charge in [-0.3, -0.25) is 9.59 Å². The molecule has 0 spiro atoms. The Morgan fingerprint density at radius 3 is 2.38 bits per heavy atom. The molecule has 1 aliphatic rings. The van der Waals surface area contributed by atoms with Crippen molar-refractivity contribution in [1.82, 2.24) is 4.90 Å². The van der Waals surface area contributed by atoms with E-state index in [-0.39, 0.29) is 11.8 Å². The van der Waals surface area contributed by atoms with Crippen molar-refractivity contribution in [1.29, 1.82) is 0 Å². The highest BCUT2D eigenvalue weighted by molar-refractivity contribution is 6.42. The minimum atomic E-state index is -0.576. The first kappa shape index (κ1) is 18.5. The summed E-state index contributed by atoms with van der Waals surface area (Å²) < 4.78 is 5.14. The number of amides is 2. The van der Waals surface area contributed by atoms with Crippen molar-refractivity contribution in [3.63, 3.8) is 0 Å². The molecule has 5 nitrogen and oxygen atoms in total. The zero-order valence-corrected chi connectivity index (χ0v) is 15.9. The third-order valence-electron chi connectivity index (χ3n) is 4.47. The topological polar surface area (TPSA) is 49.9 Å². The molecule has 2 amide bonds. The number of piperazine rings is 1. The lowest BCUT2D eigenvalue weighted by Crippen LogP contribution is -2.57. The van der Waals surface area contributed by atoms with Crippen molar-refractivity contribution >= 4 is 40.7 Å². The first-order valence-electron chi connectivity index (χ1n) is 8.14. The van der Waals surface area contributed by atoms with E-state index in [2.05, 4.69) is 0 Å². The Bertz CT molecular complexity index is 839. The summed E-state index contributed by atoms with van der Waals surface area (Å²) in [4.78, 5) is 28.8. The standard InChI is InChI=1S/C19H18Cl2N2O3/c1-12-18(24)23(14-4-6-15(26-2)7-5-14)10-9-22(12)19(25)13-3-8-16(20)17(21)11-13/h3-8,11-12H,9-10H2,1-2H3/t12-/m1/s1. The monoisotopic (exact) mass is 392 g/mol. The molecule has 2 aromatic rings. The molecular formula is C19H18Cl2N2O3. The number of nitrogens with zero attached hydrogens (tertiary/aromatic N) is 2. The van der Waals surface area contributed by atoms with Gasteiger partial charge in [0.2, 0.25) is 5.91 Å². The molecule has 1 fully saturated rings. The minimum absolute atomic E-state index is 0.130. The van der Waals surface area contributed by atoms with Gasteiger partial charge in [-0.1, -0.05) is 23.2 Å². The second kappa shape index (κ2) is 7.56. The fourth-order valence-electron chi connectivity index (χ4n) is 2.96. The molecule has 136 valence electrons. The number of rotatable bonds is 3. The maximum Gasteiger partial charge on any atom is 0.254 e. The Balaban J connectivity index is 1.78.